The SMILES string of the molecule is N#CCc1c(C#N)cc(N)cc1[N+](=O)[O-]. The van der Waals surface area contributed by atoms with Gasteiger partial charge in [0.25, 0.3) is 5.69 Å². The molecule has 0 aromatic heterocycles. The zero-order chi connectivity index (χ0) is 11.4. The molecule has 0 unspecified atom stereocenters. The van der Waals surface area contributed by atoms with Gasteiger partial charge in [0.05, 0.1) is 34.6 Å². The van der Waals surface area contributed by atoms with E-state index in [0.717, 1.165) is 6.07 Å². The second-order valence-electron chi connectivity index (χ2n) is 2.77. The molecule has 6 nitrogen and oxygen atoms in total. The van der Waals surface area contributed by atoms with Crippen molar-refractivity contribution < 1.29 is 4.92 Å². The van der Waals surface area contributed by atoms with E-state index in [4.69, 9.17) is 16.3 Å². The summed E-state index contributed by atoms with van der Waals surface area (Å²) in [7, 11) is 0. The maximum absolute atomic E-state index is 10.6. The highest BCUT2D eigenvalue weighted by Crippen LogP contribution is 2.25. The molecule has 0 radical (unpaired) electrons. The Morgan fingerprint density at radius 2 is 2.13 bits per heavy atom. The van der Waals surface area contributed by atoms with Gasteiger partial charge in [0.2, 0.25) is 0 Å². The van der Waals surface area contributed by atoms with E-state index in [0.29, 0.717) is 0 Å². The van der Waals surface area contributed by atoms with Crippen LogP contribution in [0.4, 0.5) is 11.4 Å². The fraction of sp³-hybridized carbons (Fsp3) is 0.111. The minimum Gasteiger partial charge on any atom is -0.398 e. The van der Waals surface area contributed by atoms with Crippen LogP contribution in [0.25, 0.3) is 0 Å². The Kier molecular flexibility index (Phi) is 2.85. The molecular weight excluding hydrogens is 196 g/mol. The molecule has 0 atom stereocenters. The van der Waals surface area contributed by atoms with Gasteiger partial charge < -0.3 is 5.73 Å². The number of benzene rings is 1. The fourth-order valence-corrected chi connectivity index (χ4v) is 1.21. The van der Waals surface area contributed by atoms with Crippen LogP contribution in [0.1, 0.15) is 11.1 Å². The van der Waals surface area contributed by atoms with Crippen molar-refractivity contribution in [3.05, 3.63) is 33.4 Å². The van der Waals surface area contributed by atoms with E-state index in [1.165, 1.54) is 6.07 Å². The smallest absolute Gasteiger partial charge is 0.277 e. The molecule has 6 heteroatoms. The second-order valence-corrected chi connectivity index (χ2v) is 2.77. The maximum Gasteiger partial charge on any atom is 0.277 e. The Morgan fingerprint density at radius 1 is 1.47 bits per heavy atom. The van der Waals surface area contributed by atoms with Crippen molar-refractivity contribution in [3.8, 4) is 12.1 Å². The highest BCUT2D eigenvalue weighted by molar-refractivity contribution is 5.61. The number of hydrogen-bond acceptors (Lipinski definition) is 5. The standard InChI is InChI=1S/C9H6N4O2/c10-2-1-8-6(5-11)3-7(12)4-9(8)13(14)15/h3-4H,1,12H2. The minimum absolute atomic E-state index is 0.0725. The van der Waals surface area contributed by atoms with Gasteiger partial charge in [-0.15, -0.1) is 0 Å². The van der Waals surface area contributed by atoms with Gasteiger partial charge in [-0.1, -0.05) is 0 Å². The number of nitrogens with zero attached hydrogens (tertiary/aromatic N) is 3. The Morgan fingerprint density at radius 3 is 2.60 bits per heavy atom. The van der Waals surface area contributed by atoms with E-state index in [1.807, 2.05) is 0 Å². The number of nitrogens with two attached hydrogens (primary N) is 1. The first-order chi connectivity index (χ1) is 7.10. The van der Waals surface area contributed by atoms with Gasteiger partial charge >= 0.3 is 0 Å². The number of hydrogen-bond donors (Lipinski definition) is 1. The van der Waals surface area contributed by atoms with Crippen LogP contribution in [0.3, 0.4) is 0 Å². The zero-order valence-electron chi connectivity index (χ0n) is 7.60. The van der Waals surface area contributed by atoms with Crippen LogP contribution in [0, 0.1) is 32.8 Å². The number of rotatable bonds is 2. The Bertz CT molecular complexity index is 496. The van der Waals surface area contributed by atoms with Crippen LogP contribution in [-0.4, -0.2) is 4.92 Å². The third kappa shape index (κ3) is 2.01. The summed E-state index contributed by atoms with van der Waals surface area (Å²) in [5.41, 5.74) is 5.44. The van der Waals surface area contributed by atoms with Gasteiger partial charge in [0, 0.05) is 11.8 Å². The zero-order valence-corrected chi connectivity index (χ0v) is 7.60. The number of nitriles is 2. The molecule has 0 heterocycles. The summed E-state index contributed by atoms with van der Waals surface area (Å²) in [5, 5.41) is 27.9. The molecule has 0 aliphatic carbocycles. The largest absolute Gasteiger partial charge is 0.398 e. The van der Waals surface area contributed by atoms with E-state index < -0.39 is 4.92 Å². The Labute approximate surface area is 85.3 Å². The molecule has 74 valence electrons. The lowest BCUT2D eigenvalue weighted by atomic mass is 10.0. The van der Waals surface area contributed by atoms with E-state index in [-0.39, 0.29) is 28.9 Å². The monoisotopic (exact) mass is 202 g/mol. The molecule has 1 aromatic carbocycles. The molecule has 0 amide bonds. The summed E-state index contributed by atoms with van der Waals surface area (Å²) < 4.78 is 0. The lowest BCUT2D eigenvalue weighted by Gasteiger charge is -2.02. The molecule has 0 aliphatic heterocycles. The van der Waals surface area contributed by atoms with Crippen molar-refractivity contribution in [2.75, 3.05) is 5.73 Å². The highest BCUT2D eigenvalue weighted by Gasteiger charge is 2.18. The van der Waals surface area contributed by atoms with Crippen LogP contribution in [-0.2, 0) is 6.42 Å². The summed E-state index contributed by atoms with van der Waals surface area (Å²) >= 11 is 0. The minimum atomic E-state index is -0.649. The van der Waals surface area contributed by atoms with Gasteiger partial charge in [0.15, 0.2) is 0 Å². The first-order valence-corrected chi connectivity index (χ1v) is 3.94. The average molecular weight is 202 g/mol. The Hall–Kier alpha value is -2.60. The van der Waals surface area contributed by atoms with Gasteiger partial charge in [-0.2, -0.15) is 10.5 Å². The molecule has 15 heavy (non-hydrogen) atoms. The molecule has 0 fully saturated rings. The molecular formula is C9H6N4O2. The molecule has 0 saturated carbocycles. The quantitative estimate of drug-likeness (QED) is 0.438. The van der Waals surface area contributed by atoms with Crippen LogP contribution in [0.15, 0.2) is 12.1 Å². The fourth-order valence-electron chi connectivity index (χ4n) is 1.21. The van der Waals surface area contributed by atoms with Crippen LogP contribution in [0.5, 0.6) is 0 Å². The molecule has 1 aromatic rings. The predicted octanol–water partition coefficient (Wildman–Crippen LogP) is 1.11. The third-order valence-corrected chi connectivity index (χ3v) is 1.82. The van der Waals surface area contributed by atoms with Gasteiger partial charge in [0.1, 0.15) is 0 Å². The van der Waals surface area contributed by atoms with Crippen molar-refractivity contribution in [2.24, 2.45) is 0 Å². The van der Waals surface area contributed by atoms with Gasteiger partial charge in [-0.25, -0.2) is 0 Å². The summed E-state index contributed by atoms with van der Waals surface area (Å²) in [6.45, 7) is 0. The second kappa shape index (κ2) is 4.07. The van der Waals surface area contributed by atoms with Crippen molar-refractivity contribution in [2.45, 2.75) is 6.42 Å². The Balaban J connectivity index is 3.50. The first-order valence-electron chi connectivity index (χ1n) is 3.94. The molecule has 0 bridgehead atoms. The van der Waals surface area contributed by atoms with Crippen molar-refractivity contribution in [1.29, 1.82) is 10.5 Å². The van der Waals surface area contributed by atoms with Crippen LogP contribution >= 0.6 is 0 Å². The summed E-state index contributed by atoms with van der Waals surface area (Å²) in [5.74, 6) is 0. The van der Waals surface area contributed by atoms with Crippen molar-refractivity contribution >= 4 is 11.4 Å². The molecule has 0 spiro atoms. The topological polar surface area (TPSA) is 117 Å². The number of nitro benzene ring substituents is 1. The molecule has 0 aliphatic rings. The summed E-state index contributed by atoms with van der Waals surface area (Å²) in [6.07, 6.45) is -0.181. The third-order valence-electron chi connectivity index (χ3n) is 1.82. The molecule has 2 N–H and O–H groups in total. The van der Waals surface area contributed by atoms with Crippen LogP contribution in [0.2, 0.25) is 0 Å². The van der Waals surface area contributed by atoms with Crippen molar-refractivity contribution in [1.82, 2.24) is 0 Å². The molecule has 1 rings (SSSR count). The number of nitrogen functional groups attached to an aromatic ring is 1. The highest BCUT2D eigenvalue weighted by atomic mass is 16.6. The van der Waals surface area contributed by atoms with Gasteiger partial charge in [-0.3, -0.25) is 10.1 Å². The van der Waals surface area contributed by atoms with E-state index in [2.05, 4.69) is 0 Å². The predicted molar refractivity (Wildman–Crippen MR) is 51.5 cm³/mol. The lowest BCUT2D eigenvalue weighted by Crippen LogP contribution is -2.00. The van der Waals surface area contributed by atoms with Crippen LogP contribution < -0.4 is 5.73 Å². The van der Waals surface area contributed by atoms with E-state index in [1.54, 1.807) is 12.1 Å². The van der Waals surface area contributed by atoms with Gasteiger partial charge in [-0.05, 0) is 6.07 Å². The maximum atomic E-state index is 10.6. The number of anilines is 1. The van der Waals surface area contributed by atoms with E-state index in [9.17, 15) is 10.1 Å². The summed E-state index contributed by atoms with van der Waals surface area (Å²) in [4.78, 5) is 10.00. The first kappa shape index (κ1) is 10.5. The average Bonchev–Trinajstić information content (AvgIpc) is 2.19. The normalized spacial score (nSPS) is 8.93. The van der Waals surface area contributed by atoms with Crippen molar-refractivity contribution in [3.63, 3.8) is 0 Å². The summed E-state index contributed by atoms with van der Waals surface area (Å²) in [6, 6.07) is 6.02. The van der Waals surface area contributed by atoms with E-state index >= 15 is 0 Å². The lowest BCUT2D eigenvalue weighted by molar-refractivity contribution is -0.385. The molecule has 0 saturated heterocycles. The number of nitro groups is 1.